The fourth-order valence-corrected chi connectivity index (χ4v) is 6.28. The predicted molar refractivity (Wildman–Crippen MR) is 137 cm³/mol. The Bertz CT molecular complexity index is 970. The van der Waals surface area contributed by atoms with E-state index in [1.54, 1.807) is 11.0 Å². The molecule has 1 saturated carbocycles. The number of benzene rings is 1. The highest BCUT2D eigenvalue weighted by molar-refractivity contribution is 6.05. The van der Waals surface area contributed by atoms with E-state index in [0.29, 0.717) is 18.5 Å². The van der Waals surface area contributed by atoms with Crippen molar-refractivity contribution in [1.29, 1.82) is 0 Å². The summed E-state index contributed by atoms with van der Waals surface area (Å²) in [5, 5.41) is 5.68. The number of imide groups is 1. The number of hydrogen-bond acceptors (Lipinski definition) is 6. The van der Waals surface area contributed by atoms with Gasteiger partial charge in [0.15, 0.2) is 0 Å². The molecule has 3 saturated heterocycles. The molecule has 1 aromatic rings. The molecule has 4 aliphatic heterocycles. The molecule has 8 nitrogen and oxygen atoms in total. The first-order valence-corrected chi connectivity index (χ1v) is 13.8. The van der Waals surface area contributed by atoms with Crippen molar-refractivity contribution in [2.24, 2.45) is 5.92 Å². The van der Waals surface area contributed by atoms with Gasteiger partial charge in [0, 0.05) is 37.7 Å². The summed E-state index contributed by atoms with van der Waals surface area (Å²) in [5.74, 6) is 0.960. The highest BCUT2D eigenvalue weighted by atomic mass is 16.5. The second-order valence-corrected chi connectivity index (χ2v) is 11.1. The number of fused-ring (bicyclic) bond motifs is 1. The molecule has 2 N–H and O–H groups in total. The molecule has 1 aromatic carbocycles. The van der Waals surface area contributed by atoms with E-state index in [0.717, 1.165) is 36.1 Å². The first-order chi connectivity index (χ1) is 17.5. The Labute approximate surface area is 214 Å². The standard InChI is InChI=1S/C19H22N2O4.C9H18N2/c22-17-9-8-16(18(23)20-17)21-11-12-10-14(6-7-15(12)19(21)24)25-13-4-2-1-3-5-13;1-11-5-3-2-4-9(11)8-6-10-7-8/h6-7,10,13,16H,1-5,8-9,11H2,(H,20,22,23);8-10H,2-7H2,1H3. The lowest BCUT2D eigenvalue weighted by molar-refractivity contribution is -0.136. The molecule has 3 amide bonds. The Kier molecular flexibility index (Phi) is 7.91. The topological polar surface area (TPSA) is 91.0 Å². The molecule has 4 heterocycles. The van der Waals surface area contributed by atoms with Crippen molar-refractivity contribution in [2.75, 3.05) is 26.7 Å². The number of carbonyl (C=O) groups excluding carboxylic acids is 3. The number of rotatable bonds is 4. The van der Waals surface area contributed by atoms with Gasteiger partial charge in [0.05, 0.1) is 6.10 Å². The van der Waals surface area contributed by atoms with Gasteiger partial charge in [0.1, 0.15) is 11.8 Å². The van der Waals surface area contributed by atoms with E-state index in [2.05, 4.69) is 22.6 Å². The zero-order valence-electron chi connectivity index (χ0n) is 21.5. The number of hydrogen-bond donors (Lipinski definition) is 2. The van der Waals surface area contributed by atoms with E-state index in [9.17, 15) is 14.4 Å². The summed E-state index contributed by atoms with van der Waals surface area (Å²) in [6.45, 7) is 4.23. The van der Waals surface area contributed by atoms with Crippen molar-refractivity contribution < 1.29 is 19.1 Å². The monoisotopic (exact) mass is 496 g/mol. The minimum atomic E-state index is -0.569. The van der Waals surface area contributed by atoms with Crippen LogP contribution in [0.4, 0.5) is 0 Å². The van der Waals surface area contributed by atoms with E-state index >= 15 is 0 Å². The quantitative estimate of drug-likeness (QED) is 0.623. The Morgan fingerprint density at radius 1 is 0.944 bits per heavy atom. The summed E-state index contributed by atoms with van der Waals surface area (Å²) >= 11 is 0. The smallest absolute Gasteiger partial charge is 0.255 e. The van der Waals surface area contributed by atoms with Gasteiger partial charge in [-0.15, -0.1) is 0 Å². The van der Waals surface area contributed by atoms with Crippen molar-refractivity contribution in [3.63, 3.8) is 0 Å². The van der Waals surface area contributed by atoms with Gasteiger partial charge < -0.3 is 19.9 Å². The van der Waals surface area contributed by atoms with Gasteiger partial charge in [-0.2, -0.15) is 0 Å². The Morgan fingerprint density at radius 3 is 2.42 bits per heavy atom. The van der Waals surface area contributed by atoms with E-state index < -0.39 is 6.04 Å². The molecule has 5 aliphatic rings. The van der Waals surface area contributed by atoms with Crippen LogP contribution in [0.25, 0.3) is 0 Å². The lowest BCUT2D eigenvalue weighted by Crippen LogP contribution is -2.54. The van der Waals surface area contributed by atoms with Crippen molar-refractivity contribution in [3.8, 4) is 5.75 Å². The molecule has 2 atom stereocenters. The predicted octanol–water partition coefficient (Wildman–Crippen LogP) is 2.85. The molecule has 36 heavy (non-hydrogen) atoms. The Hall–Kier alpha value is -2.45. The van der Waals surface area contributed by atoms with Gasteiger partial charge >= 0.3 is 0 Å². The number of nitrogens with zero attached hydrogens (tertiary/aromatic N) is 2. The molecule has 2 unspecified atom stereocenters. The third-order valence-electron chi connectivity index (χ3n) is 8.53. The minimum Gasteiger partial charge on any atom is -0.490 e. The fourth-order valence-electron chi connectivity index (χ4n) is 6.28. The maximum Gasteiger partial charge on any atom is 0.255 e. The molecule has 0 radical (unpaired) electrons. The fraction of sp³-hybridized carbons (Fsp3) is 0.679. The molecule has 8 heteroatoms. The highest BCUT2D eigenvalue weighted by Gasteiger charge is 2.39. The molecule has 196 valence electrons. The second kappa shape index (κ2) is 11.3. The van der Waals surface area contributed by atoms with Gasteiger partial charge in [-0.3, -0.25) is 19.7 Å². The summed E-state index contributed by atoms with van der Waals surface area (Å²) in [6, 6.07) is 5.89. The molecule has 4 fully saturated rings. The van der Waals surface area contributed by atoms with Gasteiger partial charge in [0.2, 0.25) is 11.8 Å². The summed E-state index contributed by atoms with van der Waals surface area (Å²) in [5.41, 5.74) is 1.52. The maximum absolute atomic E-state index is 12.6. The second-order valence-electron chi connectivity index (χ2n) is 11.1. The number of carbonyl (C=O) groups is 3. The van der Waals surface area contributed by atoms with E-state index in [4.69, 9.17) is 4.74 Å². The van der Waals surface area contributed by atoms with Crippen LogP contribution < -0.4 is 15.4 Å². The summed E-state index contributed by atoms with van der Waals surface area (Å²) in [4.78, 5) is 40.1. The van der Waals surface area contributed by atoms with Gasteiger partial charge in [-0.25, -0.2) is 0 Å². The SMILES string of the molecule is CN1CCCCC1C1CNC1.O=C1CCC(N2Cc3cc(OC4CCCCC4)ccc3C2=O)C(=O)N1. The van der Waals surface area contributed by atoms with Crippen LogP contribution >= 0.6 is 0 Å². The summed E-state index contributed by atoms with van der Waals surface area (Å²) in [7, 11) is 2.28. The van der Waals surface area contributed by atoms with Gasteiger partial charge in [-0.05, 0) is 88.2 Å². The highest BCUT2D eigenvalue weighted by Crippen LogP contribution is 2.31. The van der Waals surface area contributed by atoms with Crippen LogP contribution in [0.2, 0.25) is 0 Å². The van der Waals surface area contributed by atoms with E-state index in [1.165, 1.54) is 58.2 Å². The van der Waals surface area contributed by atoms with Crippen LogP contribution in [0.15, 0.2) is 18.2 Å². The first kappa shape index (κ1) is 25.2. The number of nitrogens with one attached hydrogen (secondary N) is 2. The largest absolute Gasteiger partial charge is 0.490 e. The van der Waals surface area contributed by atoms with E-state index in [1.807, 2.05) is 12.1 Å². The first-order valence-electron chi connectivity index (χ1n) is 13.8. The zero-order chi connectivity index (χ0) is 25.1. The lowest BCUT2D eigenvalue weighted by atomic mass is 9.87. The number of ether oxygens (including phenoxy) is 1. The van der Waals surface area contributed by atoms with Crippen LogP contribution in [0.1, 0.15) is 80.1 Å². The van der Waals surface area contributed by atoms with Crippen LogP contribution in [-0.2, 0) is 16.1 Å². The van der Waals surface area contributed by atoms with Crippen LogP contribution in [-0.4, -0.2) is 72.4 Å². The van der Waals surface area contributed by atoms with Crippen LogP contribution in [0, 0.1) is 5.92 Å². The van der Waals surface area contributed by atoms with Crippen molar-refractivity contribution in [1.82, 2.24) is 20.4 Å². The number of piperidine rings is 2. The summed E-state index contributed by atoms with van der Waals surface area (Å²) in [6.07, 6.45) is 11.1. The van der Waals surface area contributed by atoms with Crippen molar-refractivity contribution >= 4 is 17.7 Å². The van der Waals surface area contributed by atoms with Crippen molar-refractivity contribution in [2.45, 2.75) is 88.9 Å². The average molecular weight is 497 g/mol. The van der Waals surface area contributed by atoms with Gasteiger partial charge in [-0.1, -0.05) is 12.8 Å². The average Bonchev–Trinajstić information content (AvgIpc) is 3.16. The summed E-state index contributed by atoms with van der Waals surface area (Å²) < 4.78 is 6.08. The third kappa shape index (κ3) is 5.59. The van der Waals surface area contributed by atoms with Crippen LogP contribution in [0.3, 0.4) is 0 Å². The zero-order valence-corrected chi connectivity index (χ0v) is 21.5. The molecule has 0 bridgehead atoms. The third-order valence-corrected chi connectivity index (χ3v) is 8.53. The maximum atomic E-state index is 12.6. The Morgan fingerprint density at radius 2 is 1.72 bits per heavy atom. The normalized spacial score (nSPS) is 27.6. The number of amides is 3. The Balaban J connectivity index is 0.000000202. The van der Waals surface area contributed by atoms with Crippen molar-refractivity contribution in [3.05, 3.63) is 29.3 Å². The molecule has 1 aliphatic carbocycles. The molecule has 0 aromatic heterocycles. The lowest BCUT2D eigenvalue weighted by Gasteiger charge is -2.42. The number of likely N-dealkylation sites (tertiary alicyclic amines) is 1. The minimum absolute atomic E-state index is 0.145. The van der Waals surface area contributed by atoms with E-state index in [-0.39, 0.29) is 30.2 Å². The molecule has 0 spiro atoms. The van der Waals surface area contributed by atoms with Gasteiger partial charge in [0.25, 0.3) is 5.91 Å². The molecule has 6 rings (SSSR count). The molecular formula is C28H40N4O4. The van der Waals surface area contributed by atoms with Crippen LogP contribution in [0.5, 0.6) is 5.75 Å². The molecular weight excluding hydrogens is 456 g/mol.